The Bertz CT molecular complexity index is 1130. The molecule has 0 aromatic heterocycles. The molecule has 0 spiro atoms. The summed E-state index contributed by atoms with van der Waals surface area (Å²) in [6, 6.07) is 19.3. The van der Waals surface area contributed by atoms with Gasteiger partial charge in [0.05, 0.1) is 4.47 Å². The normalized spacial score (nSPS) is 11.8. The van der Waals surface area contributed by atoms with Gasteiger partial charge in [0.15, 0.2) is 6.61 Å². The van der Waals surface area contributed by atoms with Gasteiger partial charge in [-0.1, -0.05) is 80.4 Å². The van der Waals surface area contributed by atoms with Crippen LogP contribution in [0.5, 0.6) is 5.75 Å². The molecule has 0 bridgehead atoms. The maximum atomic E-state index is 13.4. The van der Waals surface area contributed by atoms with Crippen molar-refractivity contribution in [3.05, 3.63) is 76.3 Å². The quantitative estimate of drug-likeness (QED) is 0.312. The molecule has 0 heterocycles. The topological polar surface area (TPSA) is 58.6 Å². The van der Waals surface area contributed by atoms with Crippen LogP contribution in [0.15, 0.2) is 65.1 Å². The zero-order valence-corrected chi connectivity index (χ0v) is 21.7. The van der Waals surface area contributed by atoms with Crippen molar-refractivity contribution in [1.82, 2.24) is 10.2 Å². The molecule has 3 aromatic rings. The number of ether oxygens (including phenoxy) is 1. The average molecular weight is 525 g/mol. The van der Waals surface area contributed by atoms with E-state index < -0.39 is 6.04 Å². The highest BCUT2D eigenvalue weighted by Crippen LogP contribution is 2.33. The van der Waals surface area contributed by atoms with Gasteiger partial charge in [0.25, 0.3) is 5.91 Å². The zero-order chi connectivity index (χ0) is 24.5. The first-order chi connectivity index (χ1) is 16.4. The number of aryl methyl sites for hydroxylation is 1. The molecule has 0 saturated carbocycles. The molecule has 3 aromatic carbocycles. The number of amides is 2. The highest BCUT2D eigenvalue weighted by atomic mass is 79.9. The van der Waals surface area contributed by atoms with Gasteiger partial charge in [-0.2, -0.15) is 0 Å². The van der Waals surface area contributed by atoms with E-state index in [1.807, 2.05) is 74.5 Å². The Morgan fingerprint density at radius 3 is 2.59 bits per heavy atom. The van der Waals surface area contributed by atoms with E-state index >= 15 is 0 Å². The molecule has 0 saturated heterocycles. The van der Waals surface area contributed by atoms with Crippen LogP contribution >= 0.6 is 15.9 Å². The molecule has 3 rings (SSSR count). The summed E-state index contributed by atoms with van der Waals surface area (Å²) < 4.78 is 6.77. The Kier molecular flexibility index (Phi) is 9.52. The Balaban J connectivity index is 1.80. The summed E-state index contributed by atoms with van der Waals surface area (Å²) in [6.07, 6.45) is 2.43. The fourth-order valence-corrected chi connectivity index (χ4v) is 4.59. The maximum absolute atomic E-state index is 13.4. The van der Waals surface area contributed by atoms with Gasteiger partial charge in [0, 0.05) is 13.1 Å². The van der Waals surface area contributed by atoms with Crippen molar-refractivity contribution in [3.8, 4) is 5.75 Å². The molecule has 6 heteroatoms. The lowest BCUT2D eigenvalue weighted by atomic mass is 10.1. The molecule has 5 nitrogen and oxygen atoms in total. The van der Waals surface area contributed by atoms with Crippen LogP contribution in [0.25, 0.3) is 10.8 Å². The third-order valence-electron chi connectivity index (χ3n) is 5.83. The Morgan fingerprint density at radius 1 is 1.06 bits per heavy atom. The number of hydrogen-bond acceptors (Lipinski definition) is 3. The number of benzene rings is 3. The van der Waals surface area contributed by atoms with Crippen LogP contribution in [-0.2, 0) is 16.1 Å². The van der Waals surface area contributed by atoms with E-state index in [-0.39, 0.29) is 18.4 Å². The van der Waals surface area contributed by atoms with Crippen molar-refractivity contribution in [1.29, 1.82) is 0 Å². The van der Waals surface area contributed by atoms with Gasteiger partial charge in [-0.05, 0) is 58.1 Å². The number of fused-ring (bicyclic) bond motifs is 1. The predicted octanol–water partition coefficient (Wildman–Crippen LogP) is 6.01. The number of hydrogen-bond donors (Lipinski definition) is 1. The second kappa shape index (κ2) is 12.6. The standard InChI is InChI=1S/C28H33BrN2O3/c1-4-6-16-30-28(33)24(5-2)31(18-21-11-9-10-20(3)17-21)26(32)19-34-25-15-14-22-12-7-8-13-23(22)27(25)29/h7-15,17,24H,4-6,16,18-19H2,1-3H3,(H,30,33)/t24-/m1/s1. The van der Waals surface area contributed by atoms with Crippen LogP contribution in [0.3, 0.4) is 0 Å². The molecule has 0 unspecified atom stereocenters. The molecule has 0 aliphatic rings. The van der Waals surface area contributed by atoms with Crippen molar-refractivity contribution < 1.29 is 14.3 Å². The molecule has 1 N–H and O–H groups in total. The van der Waals surface area contributed by atoms with Gasteiger partial charge in [0.1, 0.15) is 11.8 Å². The first-order valence-corrected chi connectivity index (χ1v) is 12.7. The number of rotatable bonds is 11. The largest absolute Gasteiger partial charge is 0.483 e. The van der Waals surface area contributed by atoms with Crippen LogP contribution < -0.4 is 10.1 Å². The molecule has 1 atom stereocenters. The lowest BCUT2D eigenvalue weighted by molar-refractivity contribution is -0.143. The summed E-state index contributed by atoms with van der Waals surface area (Å²) in [6.45, 7) is 6.84. The van der Waals surface area contributed by atoms with E-state index in [1.54, 1.807) is 4.90 Å². The van der Waals surface area contributed by atoms with Crippen LogP contribution in [0.4, 0.5) is 0 Å². The lowest BCUT2D eigenvalue weighted by Gasteiger charge is -2.30. The molecule has 180 valence electrons. The average Bonchev–Trinajstić information content (AvgIpc) is 2.83. The Labute approximate surface area is 210 Å². The van der Waals surface area contributed by atoms with Crippen molar-refractivity contribution >= 4 is 38.5 Å². The predicted molar refractivity (Wildman–Crippen MR) is 141 cm³/mol. The van der Waals surface area contributed by atoms with Gasteiger partial charge >= 0.3 is 0 Å². The highest BCUT2D eigenvalue weighted by molar-refractivity contribution is 9.10. The maximum Gasteiger partial charge on any atom is 0.261 e. The fraction of sp³-hybridized carbons (Fsp3) is 0.357. The van der Waals surface area contributed by atoms with Crippen molar-refractivity contribution in [3.63, 3.8) is 0 Å². The second-order valence-electron chi connectivity index (χ2n) is 8.47. The monoisotopic (exact) mass is 524 g/mol. The van der Waals surface area contributed by atoms with Gasteiger partial charge in [-0.3, -0.25) is 9.59 Å². The van der Waals surface area contributed by atoms with E-state index in [0.717, 1.165) is 39.2 Å². The van der Waals surface area contributed by atoms with Gasteiger partial charge in [-0.15, -0.1) is 0 Å². The molecular weight excluding hydrogens is 492 g/mol. The number of nitrogens with one attached hydrogen (secondary N) is 1. The third kappa shape index (κ3) is 6.60. The Morgan fingerprint density at radius 2 is 1.85 bits per heavy atom. The van der Waals surface area contributed by atoms with E-state index in [2.05, 4.69) is 28.2 Å². The molecule has 0 radical (unpaired) electrons. The summed E-state index contributed by atoms with van der Waals surface area (Å²) >= 11 is 3.62. The van der Waals surface area contributed by atoms with Crippen molar-refractivity contribution in [2.75, 3.05) is 13.2 Å². The molecule has 2 amide bonds. The van der Waals surface area contributed by atoms with Crippen LogP contribution in [-0.4, -0.2) is 35.9 Å². The minimum atomic E-state index is -0.562. The number of carbonyl (C=O) groups is 2. The van der Waals surface area contributed by atoms with Gasteiger partial charge < -0.3 is 15.0 Å². The van der Waals surface area contributed by atoms with Crippen molar-refractivity contribution in [2.24, 2.45) is 0 Å². The number of halogens is 1. The van der Waals surface area contributed by atoms with Gasteiger partial charge in [-0.25, -0.2) is 0 Å². The lowest BCUT2D eigenvalue weighted by Crippen LogP contribution is -2.50. The van der Waals surface area contributed by atoms with E-state index in [1.165, 1.54) is 0 Å². The van der Waals surface area contributed by atoms with E-state index in [0.29, 0.717) is 25.3 Å². The van der Waals surface area contributed by atoms with E-state index in [9.17, 15) is 9.59 Å². The summed E-state index contributed by atoms with van der Waals surface area (Å²) in [5.41, 5.74) is 2.10. The SMILES string of the molecule is CCCCNC(=O)[C@@H](CC)N(Cc1cccc(C)c1)C(=O)COc1ccc2ccccc2c1Br. The molecule has 0 aliphatic heterocycles. The minimum absolute atomic E-state index is 0.121. The fourth-order valence-electron chi connectivity index (χ4n) is 3.98. The Hall–Kier alpha value is -2.86. The van der Waals surface area contributed by atoms with Crippen LogP contribution in [0, 0.1) is 6.92 Å². The smallest absolute Gasteiger partial charge is 0.261 e. The number of unbranched alkanes of at least 4 members (excludes halogenated alkanes) is 1. The second-order valence-corrected chi connectivity index (χ2v) is 9.26. The van der Waals surface area contributed by atoms with Crippen LogP contribution in [0.1, 0.15) is 44.2 Å². The molecule has 0 fully saturated rings. The summed E-state index contributed by atoms with van der Waals surface area (Å²) in [5, 5.41) is 5.10. The third-order valence-corrected chi connectivity index (χ3v) is 6.65. The van der Waals surface area contributed by atoms with Gasteiger partial charge in [0.2, 0.25) is 5.91 Å². The van der Waals surface area contributed by atoms with E-state index in [4.69, 9.17) is 4.74 Å². The summed E-state index contributed by atoms with van der Waals surface area (Å²) in [5.74, 6) is 0.255. The van der Waals surface area contributed by atoms with Crippen molar-refractivity contribution in [2.45, 2.75) is 52.6 Å². The zero-order valence-electron chi connectivity index (χ0n) is 20.1. The minimum Gasteiger partial charge on any atom is -0.483 e. The molecule has 0 aliphatic carbocycles. The summed E-state index contributed by atoms with van der Waals surface area (Å²) in [4.78, 5) is 28.0. The number of carbonyl (C=O) groups excluding carboxylic acids is 2. The first kappa shape index (κ1) is 25.8. The summed E-state index contributed by atoms with van der Waals surface area (Å²) in [7, 11) is 0. The van der Waals surface area contributed by atoms with Crippen LogP contribution in [0.2, 0.25) is 0 Å². The molecule has 34 heavy (non-hydrogen) atoms. The molecular formula is C28H33BrN2O3. The highest BCUT2D eigenvalue weighted by Gasteiger charge is 2.29. The first-order valence-electron chi connectivity index (χ1n) is 11.9. The number of nitrogens with zero attached hydrogens (tertiary/aromatic N) is 1.